The minimum absolute atomic E-state index is 0.000300. The van der Waals surface area contributed by atoms with Crippen LogP contribution in [0.25, 0.3) is 10.9 Å². The number of hydrogen-bond donors (Lipinski definition) is 17. The third-order valence-corrected chi connectivity index (χ3v) is 20.1. The van der Waals surface area contributed by atoms with E-state index in [1.807, 2.05) is 57.7 Å². The zero-order chi connectivity index (χ0) is 92.6. The van der Waals surface area contributed by atoms with Crippen LogP contribution < -0.4 is 82.7 Å². The Morgan fingerprint density at radius 3 is 1.22 bits per heavy atom. The summed E-state index contributed by atoms with van der Waals surface area (Å²) >= 11 is 0. The molecule has 1 aliphatic heterocycles. The summed E-state index contributed by atoms with van der Waals surface area (Å²) in [7, 11) is 0. The molecule has 0 bridgehead atoms. The second kappa shape index (κ2) is 67.7. The molecular weight excluding hydrogens is 1650 g/mol. The van der Waals surface area contributed by atoms with Gasteiger partial charge in [-0.05, 0) is 73.8 Å². The van der Waals surface area contributed by atoms with Crippen molar-refractivity contribution in [1.29, 1.82) is 0 Å². The van der Waals surface area contributed by atoms with Crippen molar-refractivity contribution in [2.24, 2.45) is 67.9 Å². The average Bonchev–Trinajstić information content (AvgIpc) is 1.70. The number of aromatic nitrogens is 1. The van der Waals surface area contributed by atoms with Crippen LogP contribution in [-0.4, -0.2) is 374 Å². The van der Waals surface area contributed by atoms with Gasteiger partial charge in [-0.2, -0.15) is 0 Å². The van der Waals surface area contributed by atoms with Crippen LogP contribution in [0.3, 0.4) is 0 Å². The number of ketones is 3. The van der Waals surface area contributed by atoms with Gasteiger partial charge in [-0.15, -0.1) is 0 Å². The first-order valence-corrected chi connectivity index (χ1v) is 44.1. The molecule has 24 N–H and O–H groups in total. The number of ether oxygens (including phenoxy) is 8. The lowest BCUT2D eigenvalue weighted by molar-refractivity contribution is -0.134. The molecule has 0 radical (unpaired) electrons. The first kappa shape index (κ1) is 110. The van der Waals surface area contributed by atoms with E-state index < -0.39 is 83.8 Å². The monoisotopic (exact) mass is 1800 g/mol. The number of hydrogen-bond acceptors (Lipinski definition) is 29. The number of rotatable bonds is 70. The first-order valence-electron chi connectivity index (χ1n) is 44.1. The Bertz CT molecular complexity index is 3680. The van der Waals surface area contributed by atoms with E-state index >= 15 is 0 Å². The van der Waals surface area contributed by atoms with Crippen LogP contribution in [0.2, 0.25) is 0 Å². The number of benzene rings is 2. The van der Waals surface area contributed by atoms with E-state index in [1.165, 1.54) is 19.1 Å². The molecule has 3 aromatic rings. The summed E-state index contributed by atoms with van der Waals surface area (Å²) in [5, 5.41) is 33.9. The Morgan fingerprint density at radius 2 is 0.819 bits per heavy atom. The number of phenols is 1. The fourth-order valence-electron chi connectivity index (χ4n) is 13.6. The summed E-state index contributed by atoms with van der Waals surface area (Å²) in [5.41, 5.74) is 41.1. The van der Waals surface area contributed by atoms with Gasteiger partial charge in [0.25, 0.3) is 0 Å². The third kappa shape index (κ3) is 52.5. The van der Waals surface area contributed by atoms with Gasteiger partial charge in [-0.3, -0.25) is 82.3 Å². The number of nitrogens with one attached hydrogen (secondary N) is 9. The molecule has 42 heteroatoms. The quantitative estimate of drug-likeness (QED) is 0.0144. The summed E-state index contributed by atoms with van der Waals surface area (Å²) in [6.45, 7) is 15.4. The molecule has 716 valence electrons. The lowest BCUT2D eigenvalue weighted by Gasteiger charge is -2.33. The molecule has 127 heavy (non-hydrogen) atoms. The van der Waals surface area contributed by atoms with E-state index in [4.69, 9.17) is 78.0 Å². The molecule has 0 unspecified atom stereocenters. The number of guanidine groups is 2. The van der Waals surface area contributed by atoms with E-state index in [9.17, 15) is 57.8 Å². The molecule has 4 rings (SSSR count). The van der Waals surface area contributed by atoms with Gasteiger partial charge in [-0.1, -0.05) is 44.2 Å². The maximum atomic E-state index is 14.6. The Balaban J connectivity index is 1.36. The van der Waals surface area contributed by atoms with Gasteiger partial charge in [0.15, 0.2) is 29.3 Å². The van der Waals surface area contributed by atoms with Crippen LogP contribution in [0, 0.1) is 17.8 Å². The summed E-state index contributed by atoms with van der Waals surface area (Å²) in [6.07, 6.45) is 1.34. The second-order valence-electron chi connectivity index (χ2n) is 31.2. The number of carbonyl (C=O) groups excluding carboxylic acids is 11. The standard InChI is InChI=1S/C85H146N22O20/c1-62(2)52-65(55-75(111)72(11-7-22-99-85(91)92)102-77(113)17-16-74(110)71(10-6-21-98-84(89)90)103-83(119)66(53-64-12-14-68(109)15-13-64)56-76(112)73(101-63(3)108)54-67-57-100-70-9-5-4-8-69(67)70)82(118)97-27-43-127-51-50-126-42-26-96-81(117)61-107-34-32-105(59-79(115)94-24-40-124-48-45-121-37-19-87)30-28-104(58-78(114)93-23-39-123-47-44-120-36-18-86)29-31-106(33-35-107)60-80(116)95-25-41-125-49-46-122-38-20-88/h4-5,8-9,12-15,57,62,65-66,71-73,100,109H,6-7,10-11,16-56,58-61,86-88H2,1-3H3,(H,93,114)(H,94,115)(H,95,116)(H,96,117)(H,97,118)(H,101,108)(H,102,113)(H,103,119)(H4,89,90,98)(H4,91,92,99)/t65-,66-,71+,72+,73+/m1/s1. The molecule has 1 saturated heterocycles. The number of aromatic amines is 1. The SMILES string of the molecule is CC(=O)N[C@@H](Cc1c[nH]c2ccccc12)C(=O)C[C@@H](Cc1ccc(O)cc1)C(=O)N[C@@H](CCCN=C(N)N)C(=O)CCC(=O)N[C@@H](CCCN=C(N)N)C(=O)C[C@@H](CC(C)C)C(=O)NCCOCCOCCNC(=O)CN1CCN(CC(=O)NCCOCCOCCN)CCN(CC(=O)NCCOCCOCCN)CCN(CC(=O)NCCOCCOCCN)CC1. The topological polar surface area (TPSA) is 614 Å². The lowest BCUT2D eigenvalue weighted by Crippen LogP contribution is -2.51. The van der Waals surface area contributed by atoms with E-state index in [2.05, 4.69) is 57.5 Å². The molecule has 5 atom stereocenters. The highest BCUT2D eigenvalue weighted by atomic mass is 16.5. The summed E-state index contributed by atoms with van der Waals surface area (Å²) in [6, 6.07) is 10.2. The van der Waals surface area contributed by atoms with Crippen molar-refractivity contribution in [2.45, 2.75) is 110 Å². The van der Waals surface area contributed by atoms with Gasteiger partial charge in [0, 0.05) is 186 Å². The summed E-state index contributed by atoms with van der Waals surface area (Å²) < 4.78 is 44.5. The van der Waals surface area contributed by atoms with Crippen molar-refractivity contribution in [3.63, 3.8) is 0 Å². The lowest BCUT2D eigenvalue weighted by atomic mass is 9.88. The van der Waals surface area contributed by atoms with Crippen molar-refractivity contribution >= 4 is 87.4 Å². The van der Waals surface area contributed by atoms with Gasteiger partial charge in [0.05, 0.1) is 150 Å². The fourth-order valence-corrected chi connectivity index (χ4v) is 13.6. The second-order valence-corrected chi connectivity index (χ2v) is 31.2. The summed E-state index contributed by atoms with van der Waals surface area (Å²) in [5.74, 6) is -6.95. The van der Waals surface area contributed by atoms with Crippen LogP contribution >= 0.6 is 0 Å². The number of phenolic OH excluding ortho intramolecular Hbond substituents is 1. The van der Waals surface area contributed by atoms with Gasteiger partial charge in [-0.25, -0.2) is 0 Å². The molecule has 42 nitrogen and oxygen atoms in total. The van der Waals surface area contributed by atoms with Gasteiger partial charge >= 0.3 is 0 Å². The molecule has 2 heterocycles. The van der Waals surface area contributed by atoms with Crippen molar-refractivity contribution in [2.75, 3.05) is 250 Å². The Kier molecular flexibility index (Phi) is 58.5. The van der Waals surface area contributed by atoms with Gasteiger partial charge in [0.1, 0.15) is 5.75 Å². The molecule has 1 aromatic heterocycles. The third-order valence-electron chi connectivity index (χ3n) is 20.1. The number of carbonyl (C=O) groups is 11. The highest BCUT2D eigenvalue weighted by Gasteiger charge is 2.33. The van der Waals surface area contributed by atoms with Crippen molar-refractivity contribution < 1.29 is 95.7 Å². The van der Waals surface area contributed by atoms with E-state index in [0.717, 1.165) is 16.5 Å². The molecule has 1 aliphatic rings. The predicted octanol–water partition coefficient (Wildman–Crippen LogP) is -4.40. The van der Waals surface area contributed by atoms with E-state index in [0.29, 0.717) is 143 Å². The zero-order valence-corrected chi connectivity index (χ0v) is 74.7. The van der Waals surface area contributed by atoms with Gasteiger partial charge < -0.3 is 131 Å². The van der Waals surface area contributed by atoms with E-state index in [1.54, 1.807) is 18.3 Å². The largest absolute Gasteiger partial charge is 0.508 e. The predicted molar refractivity (Wildman–Crippen MR) is 480 cm³/mol. The van der Waals surface area contributed by atoms with Gasteiger partial charge in [0.2, 0.25) is 47.3 Å². The molecule has 0 aliphatic carbocycles. The molecule has 0 spiro atoms. The first-order chi connectivity index (χ1) is 61.2. The molecular formula is C85H146N22O20. The molecule has 2 aromatic carbocycles. The van der Waals surface area contributed by atoms with Crippen LogP contribution in [0.5, 0.6) is 5.75 Å². The number of nitrogens with two attached hydrogens (primary N) is 7. The number of H-pyrrole nitrogens is 1. The fraction of sp³-hybridized carbons (Fsp3) is 0.682. The highest BCUT2D eigenvalue weighted by Crippen LogP contribution is 2.24. The molecule has 8 amide bonds. The van der Waals surface area contributed by atoms with Crippen molar-refractivity contribution in [3.8, 4) is 5.75 Å². The maximum Gasteiger partial charge on any atom is 0.234 e. The number of aromatic hydroxyl groups is 1. The number of aliphatic imine (C=N–C) groups is 2. The van der Waals surface area contributed by atoms with Crippen molar-refractivity contribution in [3.05, 3.63) is 65.9 Å². The van der Waals surface area contributed by atoms with Crippen molar-refractivity contribution in [1.82, 2.24) is 67.1 Å². The maximum absolute atomic E-state index is 14.6. The number of amides is 8. The highest BCUT2D eigenvalue weighted by molar-refractivity contribution is 5.97. The van der Waals surface area contributed by atoms with Crippen LogP contribution in [0.1, 0.15) is 89.7 Å². The summed E-state index contributed by atoms with van der Waals surface area (Å²) in [4.78, 5) is 171. The number of Topliss-reactive ketones (excluding diaryl/α,β-unsaturated/α-hetero) is 3. The Morgan fingerprint density at radius 1 is 0.433 bits per heavy atom. The Hall–Kier alpha value is -9.51. The number of fused-ring (bicyclic) bond motifs is 1. The zero-order valence-electron chi connectivity index (χ0n) is 74.7. The number of para-hydroxylation sites is 1. The minimum Gasteiger partial charge on any atom is -0.508 e. The molecule has 0 saturated carbocycles. The number of nitrogens with zero attached hydrogens (tertiary/aromatic N) is 6. The van der Waals surface area contributed by atoms with Crippen LogP contribution in [-0.2, 0) is 103 Å². The normalized spacial score (nSPS) is 14.4. The minimum atomic E-state index is -1.20. The Labute approximate surface area is 745 Å². The van der Waals surface area contributed by atoms with Crippen LogP contribution in [0.15, 0.2) is 64.7 Å². The van der Waals surface area contributed by atoms with Crippen LogP contribution in [0.4, 0.5) is 0 Å². The van der Waals surface area contributed by atoms with E-state index in [-0.39, 0.29) is 217 Å². The average molecular weight is 1800 g/mol. The molecule has 1 fully saturated rings. The smallest absolute Gasteiger partial charge is 0.234 e.